The van der Waals surface area contributed by atoms with Crippen LogP contribution in [0.25, 0.3) is 0 Å². The summed E-state index contributed by atoms with van der Waals surface area (Å²) in [4.78, 5) is 0. The van der Waals surface area contributed by atoms with Crippen molar-refractivity contribution in [1.82, 2.24) is 5.32 Å². The second-order valence-electron chi connectivity index (χ2n) is 4.92. The van der Waals surface area contributed by atoms with Gasteiger partial charge in [-0.05, 0) is 37.5 Å². The van der Waals surface area contributed by atoms with Crippen LogP contribution in [-0.2, 0) is 4.74 Å². The minimum atomic E-state index is 0.103. The van der Waals surface area contributed by atoms with Crippen LogP contribution < -0.4 is 10.1 Å². The first-order valence-corrected chi connectivity index (χ1v) is 7.40. The standard InChI is InChI=1S/C14H18BrNO2/c15-10-4-5-13(18-11-2-1-3-11)12(8-10)14-9-16-6-7-17-14/h4-5,8,11,14,16H,1-3,6-7,9H2. The van der Waals surface area contributed by atoms with E-state index in [1.807, 2.05) is 6.07 Å². The van der Waals surface area contributed by atoms with Gasteiger partial charge in [0.15, 0.2) is 0 Å². The van der Waals surface area contributed by atoms with Crippen molar-refractivity contribution >= 4 is 15.9 Å². The molecule has 0 aromatic heterocycles. The monoisotopic (exact) mass is 311 g/mol. The summed E-state index contributed by atoms with van der Waals surface area (Å²) in [6, 6.07) is 6.20. The molecular weight excluding hydrogens is 294 g/mol. The largest absolute Gasteiger partial charge is 0.490 e. The van der Waals surface area contributed by atoms with Crippen molar-refractivity contribution in [3.05, 3.63) is 28.2 Å². The molecule has 1 aromatic carbocycles. The Balaban J connectivity index is 1.81. The van der Waals surface area contributed by atoms with Gasteiger partial charge in [0.1, 0.15) is 5.75 Å². The number of halogens is 1. The van der Waals surface area contributed by atoms with E-state index in [9.17, 15) is 0 Å². The first kappa shape index (κ1) is 12.5. The van der Waals surface area contributed by atoms with Crippen molar-refractivity contribution in [2.24, 2.45) is 0 Å². The summed E-state index contributed by atoms with van der Waals surface area (Å²) in [5.41, 5.74) is 1.16. The van der Waals surface area contributed by atoms with Crippen molar-refractivity contribution in [2.75, 3.05) is 19.7 Å². The fourth-order valence-electron chi connectivity index (χ4n) is 2.31. The molecule has 0 bridgehead atoms. The van der Waals surface area contributed by atoms with Crippen LogP contribution in [0.5, 0.6) is 5.75 Å². The van der Waals surface area contributed by atoms with E-state index in [0.717, 1.165) is 35.5 Å². The number of morpholine rings is 1. The second-order valence-corrected chi connectivity index (χ2v) is 5.83. The van der Waals surface area contributed by atoms with E-state index in [-0.39, 0.29) is 6.10 Å². The fraction of sp³-hybridized carbons (Fsp3) is 0.571. The zero-order valence-corrected chi connectivity index (χ0v) is 11.9. The maximum atomic E-state index is 6.06. The molecule has 2 fully saturated rings. The summed E-state index contributed by atoms with van der Waals surface area (Å²) in [6.45, 7) is 2.56. The van der Waals surface area contributed by atoms with Crippen molar-refractivity contribution < 1.29 is 9.47 Å². The fourth-order valence-corrected chi connectivity index (χ4v) is 2.69. The van der Waals surface area contributed by atoms with Crippen molar-refractivity contribution in [2.45, 2.75) is 31.5 Å². The number of ether oxygens (including phenoxy) is 2. The Morgan fingerprint density at radius 1 is 1.33 bits per heavy atom. The molecule has 3 rings (SSSR count). The summed E-state index contributed by atoms with van der Waals surface area (Å²) in [7, 11) is 0. The summed E-state index contributed by atoms with van der Waals surface area (Å²) < 4.78 is 13.0. The molecular formula is C14H18BrNO2. The highest BCUT2D eigenvalue weighted by molar-refractivity contribution is 9.10. The van der Waals surface area contributed by atoms with E-state index in [0.29, 0.717) is 6.10 Å². The highest BCUT2D eigenvalue weighted by Crippen LogP contribution is 2.34. The van der Waals surface area contributed by atoms with Gasteiger partial charge in [0.05, 0.1) is 18.8 Å². The third-order valence-electron chi connectivity index (χ3n) is 3.59. The maximum absolute atomic E-state index is 6.06. The van der Waals surface area contributed by atoms with Crippen LogP contribution in [0.1, 0.15) is 30.9 Å². The Kier molecular flexibility index (Phi) is 3.87. The Morgan fingerprint density at radius 2 is 2.22 bits per heavy atom. The van der Waals surface area contributed by atoms with E-state index in [2.05, 4.69) is 33.4 Å². The minimum Gasteiger partial charge on any atom is -0.490 e. The SMILES string of the molecule is Brc1ccc(OC2CCC2)c(C2CNCCO2)c1. The van der Waals surface area contributed by atoms with Crippen LogP contribution in [0.4, 0.5) is 0 Å². The van der Waals surface area contributed by atoms with Crippen molar-refractivity contribution in [1.29, 1.82) is 0 Å². The van der Waals surface area contributed by atoms with Crippen molar-refractivity contribution in [3.63, 3.8) is 0 Å². The molecule has 98 valence electrons. The Bertz CT molecular complexity index is 414. The highest BCUT2D eigenvalue weighted by Gasteiger charge is 2.24. The summed E-state index contributed by atoms with van der Waals surface area (Å²) in [5, 5.41) is 3.37. The molecule has 1 aliphatic carbocycles. The third-order valence-corrected chi connectivity index (χ3v) is 4.09. The smallest absolute Gasteiger partial charge is 0.125 e. The Labute approximate surface area is 116 Å². The molecule has 0 spiro atoms. The van der Waals surface area contributed by atoms with Crippen LogP contribution in [0.15, 0.2) is 22.7 Å². The molecule has 4 heteroatoms. The number of benzene rings is 1. The van der Waals surface area contributed by atoms with Gasteiger partial charge in [-0.15, -0.1) is 0 Å². The lowest BCUT2D eigenvalue weighted by Gasteiger charge is -2.30. The molecule has 1 N–H and O–H groups in total. The van der Waals surface area contributed by atoms with Gasteiger partial charge in [0.2, 0.25) is 0 Å². The number of rotatable bonds is 3. The molecule has 1 atom stereocenters. The zero-order valence-electron chi connectivity index (χ0n) is 10.3. The van der Waals surface area contributed by atoms with Gasteiger partial charge in [-0.25, -0.2) is 0 Å². The Morgan fingerprint density at radius 3 is 2.89 bits per heavy atom. The molecule has 1 saturated heterocycles. The average Bonchev–Trinajstić information content (AvgIpc) is 2.36. The predicted octanol–water partition coefficient (Wildman–Crippen LogP) is 3.04. The molecule has 1 heterocycles. The Hall–Kier alpha value is -0.580. The van der Waals surface area contributed by atoms with E-state index < -0.39 is 0 Å². The summed E-state index contributed by atoms with van der Waals surface area (Å²) in [6.07, 6.45) is 4.16. The molecule has 0 radical (unpaired) electrons. The topological polar surface area (TPSA) is 30.5 Å². The van der Waals surface area contributed by atoms with Crippen LogP contribution in [-0.4, -0.2) is 25.8 Å². The highest BCUT2D eigenvalue weighted by atomic mass is 79.9. The van der Waals surface area contributed by atoms with Gasteiger partial charge in [-0.1, -0.05) is 15.9 Å². The van der Waals surface area contributed by atoms with E-state index in [1.54, 1.807) is 0 Å². The van der Waals surface area contributed by atoms with Crippen molar-refractivity contribution in [3.8, 4) is 5.75 Å². The van der Waals surface area contributed by atoms with Gasteiger partial charge in [-0.2, -0.15) is 0 Å². The molecule has 18 heavy (non-hydrogen) atoms. The molecule has 1 aliphatic heterocycles. The van der Waals surface area contributed by atoms with E-state index >= 15 is 0 Å². The number of hydrogen-bond donors (Lipinski definition) is 1. The lowest BCUT2D eigenvalue weighted by atomic mass is 9.96. The van der Waals surface area contributed by atoms with Gasteiger partial charge >= 0.3 is 0 Å². The van der Waals surface area contributed by atoms with E-state index in [1.165, 1.54) is 19.3 Å². The summed E-state index contributed by atoms with van der Waals surface area (Å²) >= 11 is 3.53. The second kappa shape index (κ2) is 5.59. The van der Waals surface area contributed by atoms with Crippen LogP contribution in [0.3, 0.4) is 0 Å². The van der Waals surface area contributed by atoms with Gasteiger partial charge in [0.25, 0.3) is 0 Å². The molecule has 2 aliphatic rings. The molecule has 0 amide bonds. The van der Waals surface area contributed by atoms with Gasteiger partial charge < -0.3 is 14.8 Å². The normalized spacial score (nSPS) is 24.6. The zero-order chi connectivity index (χ0) is 12.4. The summed E-state index contributed by atoms with van der Waals surface area (Å²) in [5.74, 6) is 0.983. The molecule has 1 aromatic rings. The minimum absolute atomic E-state index is 0.103. The lowest BCUT2D eigenvalue weighted by Crippen LogP contribution is -2.34. The molecule has 3 nitrogen and oxygen atoms in total. The quantitative estimate of drug-likeness (QED) is 0.930. The molecule has 1 unspecified atom stereocenters. The van der Waals surface area contributed by atoms with Gasteiger partial charge in [-0.3, -0.25) is 0 Å². The van der Waals surface area contributed by atoms with E-state index in [4.69, 9.17) is 9.47 Å². The average molecular weight is 312 g/mol. The number of nitrogens with one attached hydrogen (secondary N) is 1. The van der Waals surface area contributed by atoms with Crippen LogP contribution in [0.2, 0.25) is 0 Å². The first-order chi connectivity index (χ1) is 8.83. The number of hydrogen-bond acceptors (Lipinski definition) is 3. The first-order valence-electron chi connectivity index (χ1n) is 6.61. The van der Waals surface area contributed by atoms with Crippen LogP contribution >= 0.6 is 15.9 Å². The van der Waals surface area contributed by atoms with Crippen LogP contribution in [0, 0.1) is 0 Å². The molecule has 1 saturated carbocycles. The maximum Gasteiger partial charge on any atom is 0.125 e. The van der Waals surface area contributed by atoms with Gasteiger partial charge in [0, 0.05) is 23.1 Å². The predicted molar refractivity (Wildman–Crippen MR) is 74.0 cm³/mol. The third kappa shape index (κ3) is 2.71. The lowest BCUT2D eigenvalue weighted by molar-refractivity contribution is 0.0234.